The average molecular weight is 335 g/mol. The Morgan fingerprint density at radius 2 is 1.56 bits per heavy atom. The molecule has 0 aliphatic heterocycles. The number of methoxy groups -OCH3 is 1. The second-order valence-corrected chi connectivity index (χ2v) is 5.59. The molecule has 0 bridgehead atoms. The lowest BCUT2D eigenvalue weighted by Gasteiger charge is -2.20. The number of ketones is 1. The molecular formula is C21H18FNO2. The molecule has 3 rings (SSSR count). The summed E-state index contributed by atoms with van der Waals surface area (Å²) in [7, 11) is 1.60. The molecule has 0 heterocycles. The second-order valence-electron chi connectivity index (χ2n) is 5.59. The van der Waals surface area contributed by atoms with Crippen LogP contribution in [0.25, 0.3) is 0 Å². The summed E-state index contributed by atoms with van der Waals surface area (Å²) in [5.41, 5.74) is 2.07. The summed E-state index contributed by atoms with van der Waals surface area (Å²) < 4.78 is 18.4. The van der Waals surface area contributed by atoms with Gasteiger partial charge in [0, 0.05) is 11.3 Å². The van der Waals surface area contributed by atoms with E-state index in [0.717, 1.165) is 11.4 Å². The molecule has 0 radical (unpaired) electrons. The second kappa shape index (κ2) is 7.62. The third-order valence-electron chi connectivity index (χ3n) is 3.92. The summed E-state index contributed by atoms with van der Waals surface area (Å²) in [5.74, 6) is 0.320. The third kappa shape index (κ3) is 4.04. The Morgan fingerprint density at radius 1 is 0.920 bits per heavy atom. The van der Waals surface area contributed by atoms with Gasteiger partial charge < -0.3 is 10.1 Å². The van der Waals surface area contributed by atoms with Crippen LogP contribution in [0, 0.1) is 5.82 Å². The maximum Gasteiger partial charge on any atom is 0.189 e. The number of benzene rings is 3. The Kier molecular flexibility index (Phi) is 5.09. The monoisotopic (exact) mass is 335 g/mol. The first-order valence-corrected chi connectivity index (χ1v) is 7.92. The van der Waals surface area contributed by atoms with Gasteiger partial charge in [0.2, 0.25) is 0 Å². The van der Waals surface area contributed by atoms with Crippen LogP contribution in [-0.2, 0) is 0 Å². The van der Waals surface area contributed by atoms with Crippen LogP contribution in [-0.4, -0.2) is 12.9 Å². The van der Waals surface area contributed by atoms with E-state index in [1.807, 2.05) is 42.5 Å². The molecule has 25 heavy (non-hydrogen) atoms. The number of Topliss-reactive ketones (excluding diaryl/α,β-unsaturated/α-hetero) is 1. The third-order valence-corrected chi connectivity index (χ3v) is 3.92. The first kappa shape index (κ1) is 16.7. The van der Waals surface area contributed by atoms with Crippen molar-refractivity contribution in [3.63, 3.8) is 0 Å². The number of hydrogen-bond acceptors (Lipinski definition) is 3. The van der Waals surface area contributed by atoms with E-state index in [9.17, 15) is 9.18 Å². The lowest BCUT2D eigenvalue weighted by atomic mass is 9.97. The molecule has 0 saturated heterocycles. The van der Waals surface area contributed by atoms with Gasteiger partial charge >= 0.3 is 0 Å². The standard InChI is InChI=1S/C21H18FNO2/c1-25-19-13-11-18(12-14-19)23-20(15-7-9-17(22)10-8-15)21(24)16-5-3-2-4-6-16/h2-14,20,23H,1H3/t20-/m0/s1. The van der Waals surface area contributed by atoms with Gasteiger partial charge in [-0.1, -0.05) is 42.5 Å². The highest BCUT2D eigenvalue weighted by Crippen LogP contribution is 2.25. The van der Waals surface area contributed by atoms with E-state index in [2.05, 4.69) is 5.32 Å². The molecule has 0 unspecified atom stereocenters. The molecule has 0 saturated carbocycles. The summed E-state index contributed by atoms with van der Waals surface area (Å²) in [6.07, 6.45) is 0. The predicted molar refractivity (Wildman–Crippen MR) is 96.5 cm³/mol. The highest BCUT2D eigenvalue weighted by atomic mass is 19.1. The number of anilines is 1. The molecule has 3 aromatic rings. The molecule has 0 amide bonds. The van der Waals surface area contributed by atoms with Gasteiger partial charge in [-0.25, -0.2) is 4.39 Å². The molecule has 0 aliphatic rings. The van der Waals surface area contributed by atoms with E-state index < -0.39 is 6.04 Å². The van der Waals surface area contributed by atoms with Crippen LogP contribution < -0.4 is 10.1 Å². The van der Waals surface area contributed by atoms with Crippen molar-refractivity contribution in [2.24, 2.45) is 0 Å². The zero-order valence-corrected chi connectivity index (χ0v) is 13.8. The smallest absolute Gasteiger partial charge is 0.189 e. The van der Waals surface area contributed by atoms with Crippen molar-refractivity contribution in [2.45, 2.75) is 6.04 Å². The van der Waals surface area contributed by atoms with Gasteiger partial charge in [-0.15, -0.1) is 0 Å². The van der Waals surface area contributed by atoms with Crippen LogP contribution in [0.3, 0.4) is 0 Å². The van der Waals surface area contributed by atoms with Gasteiger partial charge in [0.25, 0.3) is 0 Å². The summed E-state index contributed by atoms with van der Waals surface area (Å²) >= 11 is 0. The summed E-state index contributed by atoms with van der Waals surface area (Å²) in [4.78, 5) is 13.0. The van der Waals surface area contributed by atoms with Crippen molar-refractivity contribution < 1.29 is 13.9 Å². The molecule has 126 valence electrons. The minimum atomic E-state index is -0.614. The molecule has 4 heteroatoms. The quantitative estimate of drug-likeness (QED) is 0.653. The molecule has 0 aromatic heterocycles. The minimum absolute atomic E-state index is 0.0805. The zero-order chi connectivity index (χ0) is 17.6. The van der Waals surface area contributed by atoms with Crippen LogP contribution >= 0.6 is 0 Å². The van der Waals surface area contributed by atoms with Crippen molar-refractivity contribution in [2.75, 3.05) is 12.4 Å². The number of nitrogens with one attached hydrogen (secondary N) is 1. The topological polar surface area (TPSA) is 38.3 Å². The molecule has 3 aromatic carbocycles. The van der Waals surface area contributed by atoms with E-state index >= 15 is 0 Å². The fourth-order valence-corrected chi connectivity index (χ4v) is 2.58. The van der Waals surface area contributed by atoms with Gasteiger partial charge in [-0.2, -0.15) is 0 Å². The Labute approximate surface area is 146 Å². The van der Waals surface area contributed by atoms with E-state index in [4.69, 9.17) is 4.74 Å². The van der Waals surface area contributed by atoms with Gasteiger partial charge in [0.15, 0.2) is 5.78 Å². The van der Waals surface area contributed by atoms with E-state index in [0.29, 0.717) is 11.1 Å². The number of halogens is 1. The normalized spacial score (nSPS) is 11.6. The van der Waals surface area contributed by atoms with Crippen molar-refractivity contribution in [1.82, 2.24) is 0 Å². The highest BCUT2D eigenvalue weighted by Gasteiger charge is 2.22. The summed E-state index contributed by atoms with van der Waals surface area (Å²) in [6, 6.07) is 21.7. The van der Waals surface area contributed by atoms with Crippen LogP contribution in [0.5, 0.6) is 5.75 Å². The van der Waals surface area contributed by atoms with Crippen LogP contribution in [0.4, 0.5) is 10.1 Å². The minimum Gasteiger partial charge on any atom is -0.497 e. The number of rotatable bonds is 6. The number of ether oxygens (including phenoxy) is 1. The molecule has 0 spiro atoms. The van der Waals surface area contributed by atoms with E-state index in [1.165, 1.54) is 12.1 Å². The molecule has 3 nitrogen and oxygen atoms in total. The Hall–Kier alpha value is -3.14. The fraction of sp³-hybridized carbons (Fsp3) is 0.0952. The maximum absolute atomic E-state index is 13.3. The largest absolute Gasteiger partial charge is 0.497 e. The fourth-order valence-electron chi connectivity index (χ4n) is 2.58. The lowest BCUT2D eigenvalue weighted by Crippen LogP contribution is -2.21. The number of hydrogen-bond donors (Lipinski definition) is 1. The molecule has 0 fully saturated rings. The number of carbonyl (C=O) groups is 1. The lowest BCUT2D eigenvalue weighted by molar-refractivity contribution is 0.0969. The van der Waals surface area contributed by atoms with Gasteiger partial charge in [-0.05, 0) is 42.0 Å². The van der Waals surface area contributed by atoms with Crippen molar-refractivity contribution in [1.29, 1.82) is 0 Å². The van der Waals surface area contributed by atoms with Crippen LogP contribution in [0.15, 0.2) is 78.9 Å². The first-order chi connectivity index (χ1) is 12.2. The summed E-state index contributed by atoms with van der Waals surface area (Å²) in [6.45, 7) is 0. The molecule has 1 N–H and O–H groups in total. The first-order valence-electron chi connectivity index (χ1n) is 7.92. The Bertz CT molecular complexity index is 830. The maximum atomic E-state index is 13.3. The van der Waals surface area contributed by atoms with Gasteiger partial charge in [0.1, 0.15) is 17.6 Å². The highest BCUT2D eigenvalue weighted by molar-refractivity contribution is 6.02. The van der Waals surface area contributed by atoms with Gasteiger partial charge in [0.05, 0.1) is 7.11 Å². The summed E-state index contributed by atoms with van der Waals surface area (Å²) in [5, 5.41) is 3.24. The predicted octanol–water partition coefficient (Wildman–Crippen LogP) is 4.87. The Balaban J connectivity index is 1.93. The van der Waals surface area contributed by atoms with Gasteiger partial charge in [-0.3, -0.25) is 4.79 Å². The van der Waals surface area contributed by atoms with E-state index in [-0.39, 0.29) is 11.6 Å². The van der Waals surface area contributed by atoms with Crippen molar-refractivity contribution in [3.05, 3.63) is 95.8 Å². The Morgan fingerprint density at radius 3 is 2.16 bits per heavy atom. The zero-order valence-electron chi connectivity index (χ0n) is 13.8. The van der Waals surface area contributed by atoms with Crippen LogP contribution in [0.1, 0.15) is 22.0 Å². The molecule has 0 aliphatic carbocycles. The van der Waals surface area contributed by atoms with Crippen LogP contribution in [0.2, 0.25) is 0 Å². The number of carbonyl (C=O) groups excluding carboxylic acids is 1. The molecule has 1 atom stereocenters. The van der Waals surface area contributed by atoms with Crippen molar-refractivity contribution >= 4 is 11.5 Å². The average Bonchev–Trinajstić information content (AvgIpc) is 2.67. The SMILES string of the molecule is COc1ccc(N[C@H](C(=O)c2ccccc2)c2ccc(F)cc2)cc1. The molecular weight excluding hydrogens is 317 g/mol. The van der Waals surface area contributed by atoms with Crippen molar-refractivity contribution in [3.8, 4) is 5.75 Å². The van der Waals surface area contributed by atoms with E-state index in [1.54, 1.807) is 31.4 Å².